The highest BCUT2D eigenvalue weighted by atomic mass is 35.5. The van der Waals surface area contributed by atoms with Crippen LogP contribution < -0.4 is 4.74 Å². The van der Waals surface area contributed by atoms with Crippen molar-refractivity contribution in [2.75, 3.05) is 19.7 Å². The van der Waals surface area contributed by atoms with Crippen molar-refractivity contribution in [1.82, 2.24) is 4.90 Å². The number of carboxylic acids is 1. The van der Waals surface area contributed by atoms with Gasteiger partial charge in [0.05, 0.1) is 5.92 Å². The number of amides is 1. The van der Waals surface area contributed by atoms with Crippen LogP contribution in [0.1, 0.15) is 18.9 Å². The SMILES string of the molecule is Cc1cc(Cl)ccc1OCC(=O)N1CC(C)CC(C(=O)O)C1. The molecule has 22 heavy (non-hydrogen) atoms. The molecule has 1 aromatic carbocycles. The van der Waals surface area contributed by atoms with E-state index >= 15 is 0 Å². The first-order valence-electron chi connectivity index (χ1n) is 7.26. The van der Waals surface area contributed by atoms with Crippen molar-refractivity contribution in [3.05, 3.63) is 28.8 Å². The van der Waals surface area contributed by atoms with E-state index in [2.05, 4.69) is 0 Å². The maximum Gasteiger partial charge on any atom is 0.308 e. The van der Waals surface area contributed by atoms with Crippen LogP contribution in [0, 0.1) is 18.8 Å². The molecule has 120 valence electrons. The first kappa shape index (κ1) is 16.6. The summed E-state index contributed by atoms with van der Waals surface area (Å²) >= 11 is 5.88. The number of likely N-dealkylation sites (tertiary alicyclic amines) is 1. The van der Waals surface area contributed by atoms with Gasteiger partial charge >= 0.3 is 5.97 Å². The summed E-state index contributed by atoms with van der Waals surface area (Å²) in [5, 5.41) is 9.76. The van der Waals surface area contributed by atoms with E-state index in [1.165, 1.54) is 0 Å². The van der Waals surface area contributed by atoms with E-state index in [9.17, 15) is 9.59 Å². The summed E-state index contributed by atoms with van der Waals surface area (Å²) in [7, 11) is 0. The first-order valence-corrected chi connectivity index (χ1v) is 7.64. The molecule has 2 atom stereocenters. The Morgan fingerprint density at radius 1 is 1.41 bits per heavy atom. The first-order chi connectivity index (χ1) is 10.4. The van der Waals surface area contributed by atoms with Crippen molar-refractivity contribution in [1.29, 1.82) is 0 Å². The van der Waals surface area contributed by atoms with Crippen LogP contribution in [0.2, 0.25) is 5.02 Å². The Bertz CT molecular complexity index is 575. The number of carboxylic acid groups (broad SMARTS) is 1. The summed E-state index contributed by atoms with van der Waals surface area (Å²) in [4.78, 5) is 25.0. The van der Waals surface area contributed by atoms with Gasteiger partial charge in [0.2, 0.25) is 0 Å². The second-order valence-corrected chi connectivity index (χ2v) is 6.31. The van der Waals surface area contributed by atoms with Crippen molar-refractivity contribution in [3.8, 4) is 5.75 Å². The van der Waals surface area contributed by atoms with Crippen LogP contribution in [0.4, 0.5) is 0 Å². The molecule has 5 nitrogen and oxygen atoms in total. The van der Waals surface area contributed by atoms with E-state index in [-0.39, 0.29) is 25.0 Å². The van der Waals surface area contributed by atoms with Crippen molar-refractivity contribution in [3.63, 3.8) is 0 Å². The zero-order valence-corrected chi connectivity index (χ0v) is 13.5. The largest absolute Gasteiger partial charge is 0.483 e. The van der Waals surface area contributed by atoms with E-state index in [0.29, 0.717) is 23.7 Å². The molecule has 0 spiro atoms. The molecule has 1 aliphatic heterocycles. The number of carbonyl (C=O) groups is 2. The third-order valence-corrected chi connectivity index (χ3v) is 4.08. The molecule has 1 aliphatic rings. The summed E-state index contributed by atoms with van der Waals surface area (Å²) in [5.74, 6) is -0.746. The van der Waals surface area contributed by atoms with E-state index in [1.807, 2.05) is 13.8 Å². The molecule has 1 saturated heterocycles. The Balaban J connectivity index is 1.95. The number of hydrogen-bond acceptors (Lipinski definition) is 3. The van der Waals surface area contributed by atoms with Crippen LogP contribution in [-0.4, -0.2) is 41.6 Å². The third kappa shape index (κ3) is 4.13. The maximum atomic E-state index is 12.2. The van der Waals surface area contributed by atoms with Gasteiger partial charge < -0.3 is 14.7 Å². The van der Waals surface area contributed by atoms with E-state index in [0.717, 1.165) is 5.56 Å². The molecule has 0 radical (unpaired) electrons. The Morgan fingerprint density at radius 2 is 2.14 bits per heavy atom. The van der Waals surface area contributed by atoms with Gasteiger partial charge in [-0.15, -0.1) is 0 Å². The zero-order valence-electron chi connectivity index (χ0n) is 12.7. The number of benzene rings is 1. The van der Waals surface area contributed by atoms with Crippen LogP contribution >= 0.6 is 11.6 Å². The molecule has 1 fully saturated rings. The molecule has 0 saturated carbocycles. The normalized spacial score (nSPS) is 21.5. The minimum absolute atomic E-state index is 0.0957. The minimum Gasteiger partial charge on any atom is -0.483 e. The van der Waals surface area contributed by atoms with E-state index in [4.69, 9.17) is 21.4 Å². The van der Waals surface area contributed by atoms with Crippen LogP contribution in [0.25, 0.3) is 0 Å². The van der Waals surface area contributed by atoms with Crippen LogP contribution in [0.15, 0.2) is 18.2 Å². The van der Waals surface area contributed by atoms with Gasteiger partial charge in [-0.3, -0.25) is 9.59 Å². The number of ether oxygens (including phenoxy) is 1. The average Bonchev–Trinajstić information content (AvgIpc) is 2.45. The summed E-state index contributed by atoms with van der Waals surface area (Å²) < 4.78 is 5.54. The second kappa shape index (κ2) is 7.01. The van der Waals surface area contributed by atoms with Crippen LogP contribution in [0.3, 0.4) is 0 Å². The molecular weight excluding hydrogens is 306 g/mol. The Morgan fingerprint density at radius 3 is 2.77 bits per heavy atom. The summed E-state index contributed by atoms with van der Waals surface area (Å²) in [6.07, 6.45) is 0.607. The Hall–Kier alpha value is -1.75. The summed E-state index contributed by atoms with van der Waals surface area (Å²) in [5.41, 5.74) is 0.857. The molecule has 1 N–H and O–H groups in total. The number of nitrogens with zero attached hydrogens (tertiary/aromatic N) is 1. The maximum absolute atomic E-state index is 12.2. The van der Waals surface area contributed by atoms with E-state index in [1.54, 1.807) is 23.1 Å². The van der Waals surface area contributed by atoms with Gasteiger partial charge in [0.25, 0.3) is 5.91 Å². The summed E-state index contributed by atoms with van der Waals surface area (Å²) in [6.45, 7) is 4.54. The van der Waals surface area contributed by atoms with Crippen molar-refractivity contribution < 1.29 is 19.4 Å². The number of piperidine rings is 1. The molecule has 6 heteroatoms. The lowest BCUT2D eigenvalue weighted by Gasteiger charge is -2.34. The minimum atomic E-state index is -0.848. The lowest BCUT2D eigenvalue weighted by molar-refractivity contribution is -0.147. The van der Waals surface area contributed by atoms with Gasteiger partial charge in [-0.2, -0.15) is 0 Å². The van der Waals surface area contributed by atoms with Crippen molar-refractivity contribution in [2.24, 2.45) is 11.8 Å². The summed E-state index contributed by atoms with van der Waals surface area (Å²) in [6, 6.07) is 5.20. The fourth-order valence-electron chi connectivity index (χ4n) is 2.74. The number of halogens is 1. The van der Waals surface area contributed by atoms with Crippen LogP contribution in [-0.2, 0) is 9.59 Å². The molecule has 1 amide bonds. The number of carbonyl (C=O) groups excluding carboxylic acids is 1. The molecule has 1 aromatic rings. The van der Waals surface area contributed by atoms with Gasteiger partial charge in [-0.1, -0.05) is 18.5 Å². The number of aliphatic carboxylic acids is 1. The highest BCUT2D eigenvalue weighted by Gasteiger charge is 2.31. The predicted octanol–water partition coefficient (Wildman–Crippen LogP) is 2.60. The molecule has 2 unspecified atom stereocenters. The Labute approximate surface area is 134 Å². The third-order valence-electron chi connectivity index (χ3n) is 3.85. The Kier molecular flexibility index (Phi) is 5.29. The average molecular weight is 326 g/mol. The lowest BCUT2D eigenvalue weighted by Crippen LogP contribution is -2.47. The molecule has 0 aliphatic carbocycles. The smallest absolute Gasteiger partial charge is 0.308 e. The van der Waals surface area contributed by atoms with Gasteiger partial charge in [-0.05, 0) is 43.0 Å². The molecule has 2 rings (SSSR count). The zero-order chi connectivity index (χ0) is 16.3. The van der Waals surface area contributed by atoms with Gasteiger partial charge in [-0.25, -0.2) is 0 Å². The number of aryl methyl sites for hydroxylation is 1. The highest BCUT2D eigenvalue weighted by molar-refractivity contribution is 6.30. The van der Waals surface area contributed by atoms with Gasteiger partial charge in [0.1, 0.15) is 5.75 Å². The van der Waals surface area contributed by atoms with Crippen LogP contribution in [0.5, 0.6) is 5.75 Å². The lowest BCUT2D eigenvalue weighted by atomic mass is 9.90. The topological polar surface area (TPSA) is 66.8 Å². The fourth-order valence-corrected chi connectivity index (χ4v) is 2.97. The second-order valence-electron chi connectivity index (χ2n) is 5.87. The van der Waals surface area contributed by atoms with Crippen molar-refractivity contribution in [2.45, 2.75) is 20.3 Å². The number of rotatable bonds is 4. The standard InChI is InChI=1S/C16H20ClNO4/c1-10-5-12(16(20)21)8-18(7-10)15(19)9-22-14-4-3-13(17)6-11(14)2/h3-4,6,10,12H,5,7-9H2,1-2H3,(H,20,21). The number of hydrogen-bond donors (Lipinski definition) is 1. The van der Waals surface area contributed by atoms with E-state index < -0.39 is 11.9 Å². The molecule has 0 aromatic heterocycles. The monoisotopic (exact) mass is 325 g/mol. The van der Waals surface area contributed by atoms with Gasteiger partial charge in [0, 0.05) is 18.1 Å². The predicted molar refractivity (Wildman–Crippen MR) is 83.2 cm³/mol. The molecule has 1 heterocycles. The molecular formula is C16H20ClNO4. The highest BCUT2D eigenvalue weighted by Crippen LogP contribution is 2.24. The fraction of sp³-hybridized carbons (Fsp3) is 0.500. The quantitative estimate of drug-likeness (QED) is 0.924. The van der Waals surface area contributed by atoms with Crippen molar-refractivity contribution >= 4 is 23.5 Å². The van der Waals surface area contributed by atoms with Gasteiger partial charge in [0.15, 0.2) is 6.61 Å². The molecule has 0 bridgehead atoms.